The highest BCUT2D eigenvalue weighted by Crippen LogP contribution is 2.29. The molecule has 17 heavy (non-hydrogen) atoms. The van der Waals surface area contributed by atoms with Gasteiger partial charge in [-0.05, 0) is 31.4 Å². The molecule has 1 amide bonds. The predicted octanol–water partition coefficient (Wildman–Crippen LogP) is 0.791. The summed E-state index contributed by atoms with van der Waals surface area (Å²) in [6.45, 7) is 1.13. The summed E-state index contributed by atoms with van der Waals surface area (Å²) < 4.78 is 0. The van der Waals surface area contributed by atoms with Crippen LogP contribution in [-0.2, 0) is 11.3 Å². The van der Waals surface area contributed by atoms with Gasteiger partial charge in [0.15, 0.2) is 0 Å². The van der Waals surface area contributed by atoms with E-state index in [4.69, 9.17) is 5.73 Å². The van der Waals surface area contributed by atoms with E-state index in [1.54, 1.807) is 6.20 Å². The van der Waals surface area contributed by atoms with Crippen molar-refractivity contribution in [2.24, 2.45) is 17.6 Å². The van der Waals surface area contributed by atoms with Gasteiger partial charge in [-0.3, -0.25) is 9.89 Å². The van der Waals surface area contributed by atoms with Crippen LogP contribution in [0.2, 0.25) is 0 Å². The Kier molecular flexibility index (Phi) is 4.14. The smallest absolute Gasteiger partial charge is 0.223 e. The van der Waals surface area contributed by atoms with Crippen LogP contribution in [0, 0.1) is 11.8 Å². The van der Waals surface area contributed by atoms with Crippen LogP contribution in [0.1, 0.15) is 31.4 Å². The SMILES string of the molecule is NCC1CCCCC1C(=O)NCc1ccn[nH]1. The molecule has 1 aromatic heterocycles. The standard InChI is InChI=1S/C12H20N4O/c13-7-9-3-1-2-4-11(9)12(17)14-8-10-5-6-15-16-10/h5-6,9,11H,1-4,7-8,13H2,(H,14,17)(H,15,16). The second kappa shape index (κ2) is 5.82. The third-order valence-electron chi connectivity index (χ3n) is 3.56. The molecule has 2 atom stereocenters. The molecule has 1 heterocycles. The number of nitrogens with two attached hydrogens (primary N) is 1. The van der Waals surface area contributed by atoms with Gasteiger partial charge in [-0.25, -0.2) is 0 Å². The molecule has 1 aliphatic carbocycles. The third kappa shape index (κ3) is 3.06. The van der Waals surface area contributed by atoms with Crippen molar-refractivity contribution in [1.29, 1.82) is 0 Å². The Morgan fingerprint density at radius 1 is 1.53 bits per heavy atom. The summed E-state index contributed by atoms with van der Waals surface area (Å²) in [5, 5.41) is 9.63. The van der Waals surface area contributed by atoms with Crippen LogP contribution in [0.4, 0.5) is 0 Å². The summed E-state index contributed by atoms with van der Waals surface area (Å²) in [6, 6.07) is 1.86. The van der Waals surface area contributed by atoms with E-state index in [1.807, 2.05) is 6.07 Å². The van der Waals surface area contributed by atoms with Crippen LogP contribution in [-0.4, -0.2) is 22.6 Å². The zero-order valence-electron chi connectivity index (χ0n) is 9.98. The molecule has 4 N–H and O–H groups in total. The average Bonchev–Trinajstić information content (AvgIpc) is 2.89. The van der Waals surface area contributed by atoms with Crippen molar-refractivity contribution < 1.29 is 4.79 Å². The number of carbonyl (C=O) groups excluding carboxylic acids is 1. The zero-order valence-corrected chi connectivity index (χ0v) is 9.98. The van der Waals surface area contributed by atoms with E-state index in [-0.39, 0.29) is 11.8 Å². The molecule has 5 heteroatoms. The molecular weight excluding hydrogens is 216 g/mol. The van der Waals surface area contributed by atoms with Crippen molar-refractivity contribution in [3.8, 4) is 0 Å². The second-order valence-electron chi connectivity index (χ2n) is 4.69. The molecule has 1 aromatic rings. The van der Waals surface area contributed by atoms with Gasteiger partial charge in [-0.15, -0.1) is 0 Å². The van der Waals surface area contributed by atoms with Crippen molar-refractivity contribution in [2.45, 2.75) is 32.2 Å². The first-order valence-electron chi connectivity index (χ1n) is 6.27. The number of carbonyl (C=O) groups is 1. The van der Waals surface area contributed by atoms with Crippen molar-refractivity contribution in [2.75, 3.05) is 6.54 Å². The molecular formula is C12H20N4O. The minimum atomic E-state index is 0.0941. The Balaban J connectivity index is 1.85. The van der Waals surface area contributed by atoms with Crippen molar-refractivity contribution in [1.82, 2.24) is 15.5 Å². The molecule has 0 bridgehead atoms. The van der Waals surface area contributed by atoms with E-state index in [0.717, 1.165) is 25.0 Å². The van der Waals surface area contributed by atoms with E-state index < -0.39 is 0 Å². The predicted molar refractivity (Wildman–Crippen MR) is 64.9 cm³/mol. The Hall–Kier alpha value is -1.36. The normalized spacial score (nSPS) is 24.5. The number of H-pyrrole nitrogens is 1. The van der Waals surface area contributed by atoms with Crippen molar-refractivity contribution in [3.63, 3.8) is 0 Å². The topological polar surface area (TPSA) is 83.8 Å². The summed E-state index contributed by atoms with van der Waals surface area (Å²) >= 11 is 0. The van der Waals surface area contributed by atoms with Crippen LogP contribution in [0.15, 0.2) is 12.3 Å². The Morgan fingerprint density at radius 2 is 2.35 bits per heavy atom. The van der Waals surface area contributed by atoms with Crippen molar-refractivity contribution >= 4 is 5.91 Å². The van der Waals surface area contributed by atoms with Gasteiger partial charge in [0.05, 0.1) is 12.2 Å². The zero-order chi connectivity index (χ0) is 12.1. The Morgan fingerprint density at radius 3 is 3.06 bits per heavy atom. The molecule has 0 radical (unpaired) electrons. The minimum Gasteiger partial charge on any atom is -0.350 e. The maximum absolute atomic E-state index is 12.1. The lowest BCUT2D eigenvalue weighted by molar-refractivity contribution is -0.127. The average molecular weight is 236 g/mol. The molecule has 2 unspecified atom stereocenters. The quantitative estimate of drug-likeness (QED) is 0.722. The number of amides is 1. The highest BCUT2D eigenvalue weighted by atomic mass is 16.1. The number of nitrogens with zero attached hydrogens (tertiary/aromatic N) is 1. The highest BCUT2D eigenvalue weighted by molar-refractivity contribution is 5.79. The molecule has 0 aromatic carbocycles. The van der Waals surface area contributed by atoms with Crippen LogP contribution in [0.3, 0.4) is 0 Å². The lowest BCUT2D eigenvalue weighted by Gasteiger charge is -2.29. The number of rotatable bonds is 4. The first kappa shape index (κ1) is 12.1. The lowest BCUT2D eigenvalue weighted by atomic mass is 9.79. The van der Waals surface area contributed by atoms with Crippen LogP contribution in [0.25, 0.3) is 0 Å². The van der Waals surface area contributed by atoms with E-state index in [9.17, 15) is 4.79 Å². The van der Waals surface area contributed by atoms with Gasteiger partial charge in [-0.1, -0.05) is 12.8 Å². The van der Waals surface area contributed by atoms with Crippen LogP contribution < -0.4 is 11.1 Å². The maximum atomic E-state index is 12.1. The summed E-state index contributed by atoms with van der Waals surface area (Å²) in [5.41, 5.74) is 6.66. The summed E-state index contributed by atoms with van der Waals surface area (Å²) in [6.07, 6.45) is 6.07. The van der Waals surface area contributed by atoms with Gasteiger partial charge >= 0.3 is 0 Å². The summed E-state index contributed by atoms with van der Waals surface area (Å²) in [7, 11) is 0. The summed E-state index contributed by atoms with van der Waals surface area (Å²) in [4.78, 5) is 12.1. The Bertz CT molecular complexity index is 349. The number of hydrogen-bond acceptors (Lipinski definition) is 3. The molecule has 2 rings (SSSR count). The van der Waals surface area contributed by atoms with Gasteiger partial charge in [0.2, 0.25) is 5.91 Å². The minimum absolute atomic E-state index is 0.0941. The van der Waals surface area contributed by atoms with Crippen LogP contribution in [0.5, 0.6) is 0 Å². The Labute approximate surface area is 101 Å². The molecule has 1 fully saturated rings. The largest absolute Gasteiger partial charge is 0.350 e. The number of aromatic amines is 1. The highest BCUT2D eigenvalue weighted by Gasteiger charge is 2.29. The van der Waals surface area contributed by atoms with E-state index >= 15 is 0 Å². The monoisotopic (exact) mass is 236 g/mol. The molecule has 5 nitrogen and oxygen atoms in total. The third-order valence-corrected chi connectivity index (χ3v) is 3.56. The lowest BCUT2D eigenvalue weighted by Crippen LogP contribution is -2.39. The molecule has 94 valence electrons. The first-order valence-corrected chi connectivity index (χ1v) is 6.27. The fourth-order valence-electron chi connectivity index (χ4n) is 2.53. The molecule has 0 spiro atoms. The van der Waals surface area contributed by atoms with E-state index in [2.05, 4.69) is 15.5 Å². The van der Waals surface area contributed by atoms with Gasteiger partial charge in [0.25, 0.3) is 0 Å². The molecule has 1 aliphatic rings. The van der Waals surface area contributed by atoms with Gasteiger partial charge < -0.3 is 11.1 Å². The van der Waals surface area contributed by atoms with Gasteiger partial charge in [-0.2, -0.15) is 5.10 Å². The fraction of sp³-hybridized carbons (Fsp3) is 0.667. The maximum Gasteiger partial charge on any atom is 0.223 e. The number of aromatic nitrogens is 2. The molecule has 0 saturated heterocycles. The second-order valence-corrected chi connectivity index (χ2v) is 4.69. The number of nitrogens with one attached hydrogen (secondary N) is 2. The number of hydrogen-bond donors (Lipinski definition) is 3. The van der Waals surface area contributed by atoms with Crippen LogP contribution >= 0.6 is 0 Å². The first-order chi connectivity index (χ1) is 8.31. The van der Waals surface area contributed by atoms with E-state index in [0.29, 0.717) is 19.0 Å². The van der Waals surface area contributed by atoms with E-state index in [1.165, 1.54) is 6.42 Å². The van der Waals surface area contributed by atoms with Gasteiger partial charge in [0.1, 0.15) is 0 Å². The molecule has 0 aliphatic heterocycles. The summed E-state index contributed by atoms with van der Waals surface area (Å²) in [5.74, 6) is 0.580. The fourth-order valence-corrected chi connectivity index (χ4v) is 2.53. The molecule has 1 saturated carbocycles. The van der Waals surface area contributed by atoms with Crippen molar-refractivity contribution in [3.05, 3.63) is 18.0 Å². The van der Waals surface area contributed by atoms with Gasteiger partial charge in [0, 0.05) is 12.1 Å².